The first kappa shape index (κ1) is 40.1. The predicted octanol–water partition coefficient (Wildman–Crippen LogP) is 3.96. The van der Waals surface area contributed by atoms with E-state index in [-0.39, 0.29) is 64.1 Å². The molecule has 4 unspecified atom stereocenters. The molecule has 48 heavy (non-hydrogen) atoms. The number of aromatic nitrogens is 2. The maximum Gasteiger partial charge on any atom is 0.280 e. The minimum absolute atomic E-state index is 0.0163. The molecule has 0 aromatic carbocycles. The topological polar surface area (TPSA) is 195 Å². The number of ether oxygens (including phenoxy) is 5. The van der Waals surface area contributed by atoms with Crippen LogP contribution in [0.15, 0.2) is 4.99 Å². The number of nitrogen functional groups attached to an aromatic ring is 2. The maximum atomic E-state index is 12.4. The van der Waals surface area contributed by atoms with Crippen molar-refractivity contribution >= 4 is 35.1 Å². The van der Waals surface area contributed by atoms with Gasteiger partial charge in [0.05, 0.1) is 38.6 Å². The Balaban J connectivity index is 1.35. The number of halogens is 1. The van der Waals surface area contributed by atoms with E-state index in [0.29, 0.717) is 19.8 Å². The van der Waals surface area contributed by atoms with Crippen LogP contribution in [0.4, 0.5) is 11.6 Å². The maximum absolute atomic E-state index is 12.4. The largest absolute Gasteiger partial charge is 0.382 e. The van der Waals surface area contributed by atoms with Gasteiger partial charge in [-0.15, -0.1) is 0 Å². The van der Waals surface area contributed by atoms with Crippen molar-refractivity contribution in [2.45, 2.75) is 111 Å². The molecule has 1 amide bonds. The molecule has 2 fully saturated rings. The summed E-state index contributed by atoms with van der Waals surface area (Å²) in [5.41, 5.74) is 17.2. The van der Waals surface area contributed by atoms with Gasteiger partial charge in [0.2, 0.25) is 0 Å². The smallest absolute Gasteiger partial charge is 0.280 e. The number of carbonyl (C=O) groups is 1. The van der Waals surface area contributed by atoms with Crippen molar-refractivity contribution in [3.8, 4) is 0 Å². The number of guanidine groups is 1. The molecule has 0 bridgehead atoms. The van der Waals surface area contributed by atoms with Crippen LogP contribution in [0.1, 0.15) is 97.0 Å². The second-order valence-corrected chi connectivity index (χ2v) is 14.8. The third-order valence-corrected chi connectivity index (χ3v) is 8.71. The van der Waals surface area contributed by atoms with Gasteiger partial charge in [-0.1, -0.05) is 52.1 Å². The molecule has 0 spiro atoms. The zero-order valence-electron chi connectivity index (χ0n) is 29.8. The number of anilines is 2. The fraction of sp³-hybridized carbons (Fsp3) is 0.818. The number of nitrogens with one attached hydrogen (secondary N) is 1. The summed E-state index contributed by atoms with van der Waals surface area (Å²) >= 11 is 5.85. The van der Waals surface area contributed by atoms with Crippen LogP contribution in [0.5, 0.6) is 0 Å². The molecule has 15 heteroatoms. The van der Waals surface area contributed by atoms with Crippen LogP contribution in [0.2, 0.25) is 5.15 Å². The number of unbranched alkanes of at least 4 members (excludes halogenated alkanes) is 2. The van der Waals surface area contributed by atoms with Crippen molar-refractivity contribution in [2.24, 2.45) is 21.6 Å². The average molecular weight is 699 g/mol. The van der Waals surface area contributed by atoms with E-state index in [9.17, 15) is 4.79 Å². The van der Waals surface area contributed by atoms with Crippen molar-refractivity contribution < 1.29 is 28.5 Å². The summed E-state index contributed by atoms with van der Waals surface area (Å²) in [6.07, 6.45) is 6.77. The lowest BCUT2D eigenvalue weighted by Gasteiger charge is -2.37. The number of hydrogen-bond donors (Lipinski definition) is 4. The number of hydrogen-bond acceptors (Lipinski definition) is 12. The number of nitrogens with two attached hydrogens (primary N) is 3. The summed E-state index contributed by atoms with van der Waals surface area (Å²) in [5, 5.41) is 2.36. The summed E-state index contributed by atoms with van der Waals surface area (Å²) in [4.78, 5) is 26.7. The minimum Gasteiger partial charge on any atom is -0.382 e. The molecule has 2 saturated heterocycles. The fourth-order valence-electron chi connectivity index (χ4n) is 6.48. The third-order valence-electron chi connectivity index (χ3n) is 8.43. The number of nitrogens with zero attached hydrogens (tertiary/aromatic N) is 4. The first-order valence-corrected chi connectivity index (χ1v) is 17.5. The Morgan fingerprint density at radius 2 is 1.60 bits per heavy atom. The highest BCUT2D eigenvalue weighted by Gasteiger charge is 2.30. The van der Waals surface area contributed by atoms with Crippen LogP contribution in [-0.2, 0) is 23.7 Å². The molecule has 3 rings (SSSR count). The Labute approximate surface area is 291 Å². The van der Waals surface area contributed by atoms with Crippen LogP contribution in [0.25, 0.3) is 0 Å². The molecule has 14 nitrogen and oxygen atoms in total. The van der Waals surface area contributed by atoms with E-state index < -0.39 is 5.91 Å². The van der Waals surface area contributed by atoms with Crippen molar-refractivity contribution in [2.75, 3.05) is 64.1 Å². The third kappa shape index (κ3) is 14.7. The Morgan fingerprint density at radius 1 is 0.979 bits per heavy atom. The SMILES string of the molecule is CC1OCCC(CN(CCOCC(C)(C)CC(C)(C)CCCCCN=C(N)NC(=O)c2nc(Cl)c(N)nc2N)CC2CCOC(C)O2)O1. The number of carbonyl (C=O) groups excluding carboxylic acids is 1. The van der Waals surface area contributed by atoms with Gasteiger partial charge in [-0.2, -0.15) is 0 Å². The highest BCUT2D eigenvalue weighted by Crippen LogP contribution is 2.37. The number of amides is 1. The van der Waals surface area contributed by atoms with Gasteiger partial charge in [-0.3, -0.25) is 20.0 Å². The second-order valence-electron chi connectivity index (χ2n) is 14.5. The number of rotatable bonds is 18. The first-order chi connectivity index (χ1) is 22.6. The lowest BCUT2D eigenvalue weighted by Crippen LogP contribution is -2.46. The molecule has 0 saturated carbocycles. The van der Waals surface area contributed by atoms with Gasteiger partial charge in [0.1, 0.15) is 0 Å². The highest BCUT2D eigenvalue weighted by atomic mass is 35.5. The van der Waals surface area contributed by atoms with Crippen molar-refractivity contribution in [1.29, 1.82) is 0 Å². The van der Waals surface area contributed by atoms with Crippen LogP contribution in [0.3, 0.4) is 0 Å². The molecule has 3 heterocycles. The standard InChI is InChI=1S/C33H59ClN8O6/c1-22-45-15-10-24(47-22)18-42(19-25-11-16-46-23(2)48-25)14-17-44-21-33(5,6)20-32(3,4)12-8-7-9-13-38-31(37)41-30(43)26-28(35)40-29(36)27(34)39-26/h22-25H,7-21H2,1-6H3,(H4,35,36,40)(H3,37,38,41,43). The van der Waals surface area contributed by atoms with Gasteiger partial charge >= 0.3 is 0 Å². The Hall–Kier alpha value is -2.33. The molecule has 0 radical (unpaired) electrons. The molecule has 0 aliphatic carbocycles. The molecule has 1 aromatic rings. The van der Waals surface area contributed by atoms with Crippen molar-refractivity contribution in [3.63, 3.8) is 0 Å². The van der Waals surface area contributed by atoms with Crippen molar-refractivity contribution in [1.82, 2.24) is 20.2 Å². The molecule has 274 valence electrons. The quantitative estimate of drug-likeness (QED) is 0.0980. The van der Waals surface area contributed by atoms with E-state index in [4.69, 9.17) is 52.5 Å². The van der Waals surface area contributed by atoms with Crippen LogP contribution in [0, 0.1) is 10.8 Å². The van der Waals surface area contributed by atoms with Crippen LogP contribution in [-0.4, -0.2) is 104 Å². The summed E-state index contributed by atoms with van der Waals surface area (Å²) in [7, 11) is 0. The minimum atomic E-state index is -0.646. The van der Waals surface area contributed by atoms with Gasteiger partial charge in [-0.25, -0.2) is 9.97 Å². The molecule has 7 N–H and O–H groups in total. The zero-order valence-corrected chi connectivity index (χ0v) is 30.5. The Bertz CT molecular complexity index is 1170. The molecule has 2 aliphatic rings. The van der Waals surface area contributed by atoms with Gasteiger partial charge in [0.25, 0.3) is 5.91 Å². The summed E-state index contributed by atoms with van der Waals surface area (Å²) < 4.78 is 29.5. The lowest BCUT2D eigenvalue weighted by atomic mass is 9.73. The van der Waals surface area contributed by atoms with Crippen LogP contribution < -0.4 is 22.5 Å². The van der Waals surface area contributed by atoms with E-state index in [2.05, 4.69) is 52.9 Å². The zero-order chi connectivity index (χ0) is 35.3. The van der Waals surface area contributed by atoms with Gasteiger partial charge < -0.3 is 40.9 Å². The van der Waals surface area contributed by atoms with E-state index in [1.807, 2.05) is 13.8 Å². The van der Waals surface area contributed by atoms with E-state index >= 15 is 0 Å². The van der Waals surface area contributed by atoms with E-state index in [1.54, 1.807) is 0 Å². The fourth-order valence-corrected chi connectivity index (χ4v) is 6.61. The van der Waals surface area contributed by atoms with Crippen molar-refractivity contribution in [3.05, 3.63) is 10.8 Å². The van der Waals surface area contributed by atoms with Gasteiger partial charge in [-0.05, 0) is 56.8 Å². The monoisotopic (exact) mass is 698 g/mol. The van der Waals surface area contributed by atoms with E-state index in [0.717, 1.165) is 77.8 Å². The summed E-state index contributed by atoms with van der Waals surface area (Å²) in [6, 6.07) is 0. The molecular formula is C33H59ClN8O6. The first-order valence-electron chi connectivity index (χ1n) is 17.2. The predicted molar refractivity (Wildman–Crippen MR) is 188 cm³/mol. The molecular weight excluding hydrogens is 640 g/mol. The average Bonchev–Trinajstić information content (AvgIpc) is 2.98. The van der Waals surface area contributed by atoms with Crippen LogP contribution >= 0.6 is 11.6 Å². The van der Waals surface area contributed by atoms with Gasteiger partial charge in [0, 0.05) is 26.2 Å². The normalized spacial score (nSPS) is 22.6. The summed E-state index contributed by atoms with van der Waals surface area (Å²) in [5.74, 6) is -0.849. The molecule has 1 aromatic heterocycles. The Kier molecular flexibility index (Phi) is 16.0. The second kappa shape index (κ2) is 19.2. The molecule has 2 aliphatic heterocycles. The lowest BCUT2D eigenvalue weighted by molar-refractivity contribution is -0.216. The Morgan fingerprint density at radius 3 is 2.21 bits per heavy atom. The van der Waals surface area contributed by atoms with Gasteiger partial charge in [0.15, 0.2) is 41.0 Å². The number of aliphatic imine (C=N–C) groups is 1. The molecule has 4 atom stereocenters. The highest BCUT2D eigenvalue weighted by molar-refractivity contribution is 6.31. The summed E-state index contributed by atoms with van der Waals surface area (Å²) in [6.45, 7) is 18.9. The van der Waals surface area contributed by atoms with E-state index in [1.165, 1.54) is 0 Å².